The summed E-state index contributed by atoms with van der Waals surface area (Å²) in [7, 11) is 4.66. The average Bonchev–Trinajstić information content (AvgIpc) is 2.23. The van der Waals surface area contributed by atoms with Crippen molar-refractivity contribution in [2.75, 3.05) is 61.0 Å². The number of hydrogen-bond acceptors (Lipinski definition) is 6. The zero-order valence-electron chi connectivity index (χ0n) is 10.4. The zero-order valence-corrected chi connectivity index (χ0v) is 14.0. The number of aliphatic hydroxyl groups is 3. The van der Waals surface area contributed by atoms with Gasteiger partial charge in [-0.1, -0.05) is 0 Å². The van der Waals surface area contributed by atoms with E-state index in [1.807, 2.05) is 0 Å². The van der Waals surface area contributed by atoms with E-state index in [0.29, 0.717) is 19.8 Å². The largest absolute Gasteiger partial charge is 0.394 e. The minimum absolute atomic E-state index is 0. The normalized spacial score (nSPS) is 7.88. The summed E-state index contributed by atoms with van der Waals surface area (Å²) in [6.07, 6.45) is 0. The molecule has 0 aliphatic heterocycles. The predicted molar refractivity (Wildman–Crippen MR) is 56.9 cm³/mol. The van der Waals surface area contributed by atoms with Gasteiger partial charge in [-0.3, -0.25) is 0 Å². The Morgan fingerprint density at radius 3 is 0.812 bits per heavy atom. The third kappa shape index (κ3) is 60.2. The molecule has 16 heavy (non-hydrogen) atoms. The summed E-state index contributed by atoms with van der Waals surface area (Å²) >= 11 is 0. The van der Waals surface area contributed by atoms with E-state index in [1.54, 1.807) is 21.3 Å². The van der Waals surface area contributed by atoms with Crippen LogP contribution in [-0.4, -0.2) is 76.3 Å². The molecule has 0 amide bonds. The fourth-order valence-corrected chi connectivity index (χ4v) is 0.274. The molecule has 0 unspecified atom stereocenters. The van der Waals surface area contributed by atoms with Crippen LogP contribution >= 0.6 is 0 Å². The van der Waals surface area contributed by atoms with Crippen LogP contribution in [0.25, 0.3) is 0 Å². The number of hydrogen-bond donors (Lipinski definition) is 3. The Kier molecular flexibility index (Phi) is 57.9. The van der Waals surface area contributed by atoms with E-state index >= 15 is 0 Å². The fourth-order valence-electron chi connectivity index (χ4n) is 0.274. The van der Waals surface area contributed by atoms with Crippen LogP contribution in [0.1, 0.15) is 0 Å². The van der Waals surface area contributed by atoms with E-state index in [-0.39, 0.29) is 55.4 Å². The standard InChI is InChI=1S/3C3H8O2.La/c3*1-5-3-2-4;/h3*4H,2-3H2,1H3;. The second-order valence-corrected chi connectivity index (χ2v) is 2.15. The summed E-state index contributed by atoms with van der Waals surface area (Å²) in [5.74, 6) is 0. The quantitative estimate of drug-likeness (QED) is 0.551. The molecular formula is C9H24LaO6. The molecule has 0 aliphatic carbocycles. The molecule has 99 valence electrons. The van der Waals surface area contributed by atoms with Crippen molar-refractivity contribution in [2.24, 2.45) is 0 Å². The van der Waals surface area contributed by atoms with Crippen LogP contribution in [0, 0.1) is 35.6 Å². The Morgan fingerprint density at radius 2 is 0.812 bits per heavy atom. The molecule has 1 radical (unpaired) electrons. The monoisotopic (exact) mass is 367 g/mol. The number of rotatable bonds is 6. The maximum atomic E-state index is 7.94. The maximum absolute atomic E-state index is 7.94. The van der Waals surface area contributed by atoms with Gasteiger partial charge in [-0.05, 0) is 0 Å². The van der Waals surface area contributed by atoms with E-state index in [2.05, 4.69) is 14.2 Å². The van der Waals surface area contributed by atoms with Gasteiger partial charge in [-0.2, -0.15) is 0 Å². The summed E-state index contributed by atoms with van der Waals surface area (Å²) in [5, 5.41) is 23.8. The van der Waals surface area contributed by atoms with Crippen molar-refractivity contribution >= 4 is 0 Å². The van der Waals surface area contributed by atoms with Crippen molar-refractivity contribution in [1.29, 1.82) is 0 Å². The molecule has 0 bridgehead atoms. The van der Waals surface area contributed by atoms with Gasteiger partial charge >= 0.3 is 0 Å². The van der Waals surface area contributed by atoms with Crippen LogP contribution < -0.4 is 0 Å². The van der Waals surface area contributed by atoms with Crippen LogP contribution in [0.15, 0.2) is 0 Å². The van der Waals surface area contributed by atoms with Crippen LogP contribution in [0.4, 0.5) is 0 Å². The third-order valence-corrected chi connectivity index (χ3v) is 0.886. The molecule has 0 saturated carbocycles. The summed E-state index contributed by atoms with van der Waals surface area (Å²) in [6, 6.07) is 0. The Labute approximate surface area is 125 Å². The van der Waals surface area contributed by atoms with Gasteiger partial charge in [0.15, 0.2) is 0 Å². The predicted octanol–water partition coefficient (Wildman–Crippen LogP) is -1.12. The second-order valence-electron chi connectivity index (χ2n) is 2.15. The molecular weight excluding hydrogens is 343 g/mol. The first-order chi connectivity index (χ1) is 7.24. The Hall–Kier alpha value is 0.955. The number of ether oxygens (including phenoxy) is 3. The van der Waals surface area contributed by atoms with Crippen molar-refractivity contribution in [3.8, 4) is 0 Å². The van der Waals surface area contributed by atoms with Gasteiger partial charge in [0.05, 0.1) is 39.6 Å². The molecule has 0 aromatic rings. The van der Waals surface area contributed by atoms with Crippen molar-refractivity contribution in [1.82, 2.24) is 0 Å². The van der Waals surface area contributed by atoms with Gasteiger partial charge in [0.25, 0.3) is 0 Å². The van der Waals surface area contributed by atoms with Gasteiger partial charge < -0.3 is 29.5 Å². The second kappa shape index (κ2) is 36.0. The molecule has 6 nitrogen and oxygen atoms in total. The molecule has 0 spiro atoms. The Morgan fingerprint density at radius 1 is 0.625 bits per heavy atom. The molecule has 0 rings (SSSR count). The van der Waals surface area contributed by atoms with Gasteiger partial charge in [-0.15, -0.1) is 0 Å². The third-order valence-electron chi connectivity index (χ3n) is 0.886. The SMILES string of the molecule is COCCO.COCCO.COCCO.[La]. The van der Waals surface area contributed by atoms with Gasteiger partial charge in [0, 0.05) is 56.9 Å². The van der Waals surface area contributed by atoms with E-state index < -0.39 is 0 Å². The summed E-state index contributed by atoms with van der Waals surface area (Å²) < 4.78 is 13.3. The van der Waals surface area contributed by atoms with Crippen LogP contribution in [0.2, 0.25) is 0 Å². The summed E-state index contributed by atoms with van der Waals surface area (Å²) in [4.78, 5) is 0. The van der Waals surface area contributed by atoms with E-state index in [9.17, 15) is 0 Å². The molecule has 0 atom stereocenters. The smallest absolute Gasteiger partial charge is 0.0693 e. The molecule has 0 fully saturated rings. The topological polar surface area (TPSA) is 88.4 Å². The van der Waals surface area contributed by atoms with E-state index in [0.717, 1.165) is 0 Å². The fraction of sp³-hybridized carbons (Fsp3) is 1.00. The molecule has 0 heterocycles. The van der Waals surface area contributed by atoms with Crippen LogP contribution in [-0.2, 0) is 14.2 Å². The Balaban J connectivity index is -0.0000000655. The minimum Gasteiger partial charge on any atom is -0.394 e. The number of aliphatic hydroxyl groups excluding tert-OH is 3. The van der Waals surface area contributed by atoms with Gasteiger partial charge in [0.1, 0.15) is 0 Å². The average molecular weight is 367 g/mol. The van der Waals surface area contributed by atoms with Crippen LogP contribution in [0.5, 0.6) is 0 Å². The molecule has 3 N–H and O–H groups in total. The first-order valence-corrected chi connectivity index (χ1v) is 4.54. The zero-order chi connectivity index (χ0) is 12.4. The molecule has 0 aromatic carbocycles. The van der Waals surface area contributed by atoms with E-state index in [1.165, 1.54) is 0 Å². The van der Waals surface area contributed by atoms with E-state index in [4.69, 9.17) is 15.3 Å². The number of methoxy groups -OCH3 is 3. The Bertz CT molecular complexity index is 56.8. The molecule has 0 aliphatic rings. The molecule has 0 saturated heterocycles. The van der Waals surface area contributed by atoms with Crippen LogP contribution in [0.3, 0.4) is 0 Å². The van der Waals surface area contributed by atoms with Crippen molar-refractivity contribution in [2.45, 2.75) is 0 Å². The van der Waals surface area contributed by atoms with Crippen molar-refractivity contribution in [3.05, 3.63) is 0 Å². The van der Waals surface area contributed by atoms with Gasteiger partial charge in [-0.25, -0.2) is 0 Å². The maximum Gasteiger partial charge on any atom is 0.0693 e. The first-order valence-electron chi connectivity index (χ1n) is 4.54. The first kappa shape index (κ1) is 25.7. The summed E-state index contributed by atoms with van der Waals surface area (Å²) in [5.41, 5.74) is 0. The summed E-state index contributed by atoms with van der Waals surface area (Å²) in [6.45, 7) is 1.70. The van der Waals surface area contributed by atoms with Crippen molar-refractivity contribution < 1.29 is 65.1 Å². The van der Waals surface area contributed by atoms with Crippen molar-refractivity contribution in [3.63, 3.8) is 0 Å². The molecule has 0 aromatic heterocycles. The molecule has 7 heteroatoms. The van der Waals surface area contributed by atoms with Gasteiger partial charge in [0.2, 0.25) is 0 Å². The minimum atomic E-state index is 0.